The third-order valence-corrected chi connectivity index (χ3v) is 3.28. The van der Waals surface area contributed by atoms with Crippen LogP contribution in [0.3, 0.4) is 0 Å². The number of rotatable bonds is 3. The van der Waals surface area contributed by atoms with E-state index in [0.717, 1.165) is 12.3 Å². The van der Waals surface area contributed by atoms with Gasteiger partial charge in [-0.2, -0.15) is 0 Å². The summed E-state index contributed by atoms with van der Waals surface area (Å²) in [6, 6.07) is 9.16. The second-order valence-corrected chi connectivity index (χ2v) is 5.10. The molecule has 1 saturated carbocycles. The molecule has 0 aliphatic heterocycles. The highest BCUT2D eigenvalue weighted by Crippen LogP contribution is 2.40. The van der Waals surface area contributed by atoms with Crippen molar-refractivity contribution >= 4 is 10.9 Å². The lowest BCUT2D eigenvalue weighted by Crippen LogP contribution is -2.17. The number of benzene rings is 1. The van der Waals surface area contributed by atoms with E-state index in [0.29, 0.717) is 0 Å². The minimum absolute atomic E-state index is 0.235. The molecule has 84 valence electrons. The van der Waals surface area contributed by atoms with Crippen LogP contribution in [0.2, 0.25) is 0 Å². The Kier molecular flexibility index (Phi) is 2.25. The minimum Gasteiger partial charge on any atom is -0.358 e. The topological polar surface area (TPSA) is 41.8 Å². The van der Waals surface area contributed by atoms with E-state index in [9.17, 15) is 0 Å². The lowest BCUT2D eigenvalue weighted by Gasteiger charge is -2.04. The van der Waals surface area contributed by atoms with E-state index in [-0.39, 0.29) is 6.04 Å². The Bertz CT molecular complexity index is 506. The predicted molar refractivity (Wildman–Crippen MR) is 67.6 cm³/mol. The molecule has 1 unspecified atom stereocenters. The number of nitrogens with two attached hydrogens (primary N) is 1. The van der Waals surface area contributed by atoms with Crippen LogP contribution in [-0.2, 0) is 6.42 Å². The van der Waals surface area contributed by atoms with Crippen LogP contribution in [0, 0.1) is 0 Å². The first kappa shape index (κ1) is 9.91. The van der Waals surface area contributed by atoms with E-state index in [1.165, 1.54) is 35.0 Å². The summed E-state index contributed by atoms with van der Waals surface area (Å²) in [4.78, 5) is 3.51. The maximum Gasteiger partial charge on any atom is 0.0456 e. The fourth-order valence-corrected chi connectivity index (χ4v) is 2.32. The van der Waals surface area contributed by atoms with Crippen molar-refractivity contribution in [1.29, 1.82) is 0 Å². The molecule has 1 atom stereocenters. The van der Waals surface area contributed by atoms with Crippen molar-refractivity contribution in [3.8, 4) is 0 Å². The van der Waals surface area contributed by atoms with Crippen LogP contribution >= 0.6 is 0 Å². The van der Waals surface area contributed by atoms with Crippen molar-refractivity contribution in [2.75, 3.05) is 0 Å². The zero-order chi connectivity index (χ0) is 11.1. The molecule has 2 aromatic rings. The average molecular weight is 214 g/mol. The predicted octanol–water partition coefficient (Wildman–Crippen LogP) is 2.94. The first-order chi connectivity index (χ1) is 7.72. The van der Waals surface area contributed by atoms with Gasteiger partial charge in [-0.15, -0.1) is 0 Å². The largest absolute Gasteiger partial charge is 0.358 e. The van der Waals surface area contributed by atoms with E-state index in [1.807, 2.05) is 0 Å². The molecule has 1 aliphatic carbocycles. The summed E-state index contributed by atoms with van der Waals surface area (Å²) in [5.41, 5.74) is 9.83. The van der Waals surface area contributed by atoms with Gasteiger partial charge in [0, 0.05) is 17.3 Å². The van der Waals surface area contributed by atoms with Gasteiger partial charge in [-0.1, -0.05) is 6.07 Å². The second-order valence-electron chi connectivity index (χ2n) is 5.10. The van der Waals surface area contributed by atoms with Gasteiger partial charge in [0.25, 0.3) is 0 Å². The average Bonchev–Trinajstić information content (AvgIpc) is 2.98. The molecule has 3 N–H and O–H groups in total. The van der Waals surface area contributed by atoms with Crippen LogP contribution in [0.25, 0.3) is 10.9 Å². The van der Waals surface area contributed by atoms with Crippen molar-refractivity contribution in [3.05, 3.63) is 35.5 Å². The van der Waals surface area contributed by atoms with Crippen LogP contribution in [0.1, 0.15) is 36.9 Å². The SMILES string of the molecule is CC(N)Cc1ccc2[nH]c(C3CC3)cc2c1. The van der Waals surface area contributed by atoms with Crippen molar-refractivity contribution < 1.29 is 0 Å². The quantitative estimate of drug-likeness (QED) is 0.810. The number of fused-ring (bicyclic) bond motifs is 1. The van der Waals surface area contributed by atoms with Crippen LogP contribution in [0.5, 0.6) is 0 Å². The number of aromatic amines is 1. The molecule has 0 bridgehead atoms. The Morgan fingerprint density at radius 1 is 1.38 bits per heavy atom. The van der Waals surface area contributed by atoms with Crippen molar-refractivity contribution in [2.45, 2.75) is 38.1 Å². The highest BCUT2D eigenvalue weighted by Gasteiger charge is 2.24. The summed E-state index contributed by atoms with van der Waals surface area (Å²) >= 11 is 0. The van der Waals surface area contributed by atoms with Gasteiger partial charge in [0.1, 0.15) is 0 Å². The smallest absolute Gasteiger partial charge is 0.0456 e. The molecule has 2 nitrogen and oxygen atoms in total. The molecular weight excluding hydrogens is 196 g/mol. The third-order valence-electron chi connectivity index (χ3n) is 3.28. The number of aromatic nitrogens is 1. The normalized spacial score (nSPS) is 17.9. The van der Waals surface area contributed by atoms with Gasteiger partial charge in [0.05, 0.1) is 0 Å². The summed E-state index contributed by atoms with van der Waals surface area (Å²) in [5, 5.41) is 1.33. The van der Waals surface area contributed by atoms with Crippen LogP contribution in [0.4, 0.5) is 0 Å². The zero-order valence-corrected chi connectivity index (χ0v) is 9.66. The number of nitrogens with one attached hydrogen (secondary N) is 1. The molecule has 1 aromatic carbocycles. The maximum atomic E-state index is 5.82. The summed E-state index contributed by atoms with van der Waals surface area (Å²) in [6.07, 6.45) is 3.65. The molecule has 0 radical (unpaired) electrons. The number of hydrogen-bond acceptors (Lipinski definition) is 1. The molecule has 1 aliphatic rings. The highest BCUT2D eigenvalue weighted by atomic mass is 14.7. The second kappa shape index (κ2) is 3.63. The molecule has 0 amide bonds. The Morgan fingerprint density at radius 3 is 2.88 bits per heavy atom. The van der Waals surface area contributed by atoms with Crippen molar-refractivity contribution in [2.24, 2.45) is 5.73 Å². The van der Waals surface area contributed by atoms with Gasteiger partial charge in [0.2, 0.25) is 0 Å². The number of hydrogen-bond donors (Lipinski definition) is 2. The molecule has 0 saturated heterocycles. The van der Waals surface area contributed by atoms with Crippen molar-refractivity contribution in [3.63, 3.8) is 0 Å². The maximum absolute atomic E-state index is 5.82. The Hall–Kier alpha value is -1.28. The highest BCUT2D eigenvalue weighted by molar-refractivity contribution is 5.81. The summed E-state index contributed by atoms with van der Waals surface area (Å²) < 4.78 is 0. The van der Waals surface area contributed by atoms with E-state index in [2.05, 4.69) is 36.2 Å². The Balaban J connectivity index is 1.96. The first-order valence-corrected chi connectivity index (χ1v) is 6.09. The van der Waals surface area contributed by atoms with Gasteiger partial charge in [-0.05, 0) is 61.3 Å². The van der Waals surface area contributed by atoms with Gasteiger partial charge in [0.15, 0.2) is 0 Å². The minimum atomic E-state index is 0.235. The first-order valence-electron chi connectivity index (χ1n) is 6.09. The summed E-state index contributed by atoms with van der Waals surface area (Å²) in [6.45, 7) is 2.05. The molecule has 3 rings (SSSR count). The monoisotopic (exact) mass is 214 g/mol. The molecule has 2 heteroatoms. The lowest BCUT2D eigenvalue weighted by atomic mass is 10.1. The van der Waals surface area contributed by atoms with E-state index < -0.39 is 0 Å². The molecule has 1 heterocycles. The van der Waals surface area contributed by atoms with E-state index in [4.69, 9.17) is 5.73 Å². The van der Waals surface area contributed by atoms with Crippen LogP contribution in [-0.4, -0.2) is 11.0 Å². The van der Waals surface area contributed by atoms with Crippen LogP contribution < -0.4 is 5.73 Å². The summed E-state index contributed by atoms with van der Waals surface area (Å²) in [5.74, 6) is 0.796. The molecule has 16 heavy (non-hydrogen) atoms. The van der Waals surface area contributed by atoms with Crippen molar-refractivity contribution in [1.82, 2.24) is 4.98 Å². The van der Waals surface area contributed by atoms with E-state index in [1.54, 1.807) is 0 Å². The fraction of sp³-hybridized carbons (Fsp3) is 0.429. The molecule has 0 spiro atoms. The fourth-order valence-electron chi connectivity index (χ4n) is 2.32. The van der Waals surface area contributed by atoms with Gasteiger partial charge in [-0.3, -0.25) is 0 Å². The molecular formula is C14H18N2. The number of H-pyrrole nitrogens is 1. The molecule has 1 fully saturated rings. The van der Waals surface area contributed by atoms with Gasteiger partial charge >= 0.3 is 0 Å². The Morgan fingerprint density at radius 2 is 2.19 bits per heavy atom. The Labute approximate surface area is 95.8 Å². The third kappa shape index (κ3) is 1.85. The van der Waals surface area contributed by atoms with Crippen LogP contribution in [0.15, 0.2) is 24.3 Å². The lowest BCUT2D eigenvalue weighted by molar-refractivity contribution is 0.739. The van der Waals surface area contributed by atoms with E-state index >= 15 is 0 Å². The standard InChI is InChI=1S/C14H18N2/c1-9(15)6-10-2-5-13-12(7-10)8-14(16-13)11-3-4-11/h2,5,7-9,11,16H,3-4,6,15H2,1H3. The van der Waals surface area contributed by atoms with Gasteiger partial charge < -0.3 is 10.7 Å². The summed E-state index contributed by atoms with van der Waals surface area (Å²) in [7, 11) is 0. The zero-order valence-electron chi connectivity index (χ0n) is 9.66. The van der Waals surface area contributed by atoms with Gasteiger partial charge in [-0.25, -0.2) is 0 Å². The molecule has 1 aromatic heterocycles.